The van der Waals surface area contributed by atoms with Crippen LogP contribution in [-0.4, -0.2) is 32.0 Å². The Labute approximate surface area is 148 Å². The second kappa shape index (κ2) is 7.57. The molecular formula is C16H20N4O2S2. The van der Waals surface area contributed by atoms with E-state index in [4.69, 9.17) is 0 Å². The highest BCUT2D eigenvalue weighted by molar-refractivity contribution is 7.11. The molecule has 0 radical (unpaired) electrons. The summed E-state index contributed by atoms with van der Waals surface area (Å²) in [5.41, 5.74) is 0. The van der Waals surface area contributed by atoms with E-state index in [1.807, 2.05) is 0 Å². The second-order valence-electron chi connectivity index (χ2n) is 6.46. The van der Waals surface area contributed by atoms with Crippen LogP contribution >= 0.6 is 22.7 Å². The number of nitrogens with zero attached hydrogens (tertiary/aromatic N) is 4. The highest BCUT2D eigenvalue weighted by Crippen LogP contribution is 2.41. The molecule has 1 saturated carbocycles. The van der Waals surface area contributed by atoms with Gasteiger partial charge in [-0.25, -0.2) is 0 Å². The number of rotatable bonds is 7. The van der Waals surface area contributed by atoms with Crippen LogP contribution in [0.5, 0.6) is 0 Å². The SMILES string of the molecule is CC(=O)Cc1nnc(C[C@@H]2CC[C@H](c3nnc(CC(C)=O)s3)C2)s1. The van der Waals surface area contributed by atoms with E-state index >= 15 is 0 Å². The number of carbonyl (C=O) groups is 2. The normalized spacial score (nSPS) is 20.4. The third kappa shape index (κ3) is 4.51. The summed E-state index contributed by atoms with van der Waals surface area (Å²) in [7, 11) is 0. The zero-order valence-electron chi connectivity index (χ0n) is 13.8. The van der Waals surface area contributed by atoms with Crippen molar-refractivity contribution >= 4 is 34.2 Å². The molecule has 1 aliphatic carbocycles. The molecule has 0 amide bonds. The van der Waals surface area contributed by atoms with Gasteiger partial charge in [0.25, 0.3) is 0 Å². The number of hydrogen-bond acceptors (Lipinski definition) is 8. The van der Waals surface area contributed by atoms with Crippen LogP contribution in [0.3, 0.4) is 0 Å². The first-order valence-electron chi connectivity index (χ1n) is 8.12. The van der Waals surface area contributed by atoms with Crippen molar-refractivity contribution in [1.82, 2.24) is 20.4 Å². The minimum absolute atomic E-state index is 0.122. The van der Waals surface area contributed by atoms with Crippen molar-refractivity contribution in [3.05, 3.63) is 20.0 Å². The Bertz CT molecular complexity index is 740. The van der Waals surface area contributed by atoms with E-state index in [0.29, 0.717) is 24.7 Å². The molecule has 2 heterocycles. The maximum absolute atomic E-state index is 11.2. The average molecular weight is 364 g/mol. The van der Waals surface area contributed by atoms with Gasteiger partial charge in [-0.2, -0.15) is 0 Å². The lowest BCUT2D eigenvalue weighted by Crippen LogP contribution is -2.00. The van der Waals surface area contributed by atoms with Crippen molar-refractivity contribution in [2.24, 2.45) is 5.92 Å². The van der Waals surface area contributed by atoms with Crippen molar-refractivity contribution in [2.75, 3.05) is 0 Å². The van der Waals surface area contributed by atoms with Gasteiger partial charge in [-0.1, -0.05) is 0 Å². The predicted molar refractivity (Wildman–Crippen MR) is 92.4 cm³/mol. The van der Waals surface area contributed by atoms with E-state index in [1.54, 1.807) is 36.5 Å². The Hall–Kier alpha value is -1.54. The van der Waals surface area contributed by atoms with Gasteiger partial charge in [0, 0.05) is 12.3 Å². The van der Waals surface area contributed by atoms with Crippen LogP contribution in [-0.2, 0) is 28.9 Å². The first kappa shape index (κ1) is 17.3. The standard InChI is InChI=1S/C16H20N4O2S2/c1-9(21)5-13-17-18-15(23-13)8-11-3-4-12(7-11)16-20-19-14(24-16)6-10(2)22/h11-12H,3-8H2,1-2H3/t11-,12+/m1/s1. The van der Waals surface area contributed by atoms with Gasteiger partial charge in [0.15, 0.2) is 0 Å². The number of Topliss-reactive ketones (excluding diaryl/α,β-unsaturated/α-hetero) is 2. The minimum atomic E-state index is 0.122. The van der Waals surface area contributed by atoms with Crippen LogP contribution in [0.2, 0.25) is 0 Å². The molecule has 8 heteroatoms. The highest BCUT2D eigenvalue weighted by atomic mass is 32.1. The second-order valence-corrected chi connectivity index (χ2v) is 8.70. The summed E-state index contributed by atoms with van der Waals surface area (Å²) in [6, 6.07) is 0. The molecule has 2 aromatic heterocycles. The summed E-state index contributed by atoms with van der Waals surface area (Å²) < 4.78 is 0. The van der Waals surface area contributed by atoms with Crippen LogP contribution in [0.4, 0.5) is 0 Å². The van der Waals surface area contributed by atoms with Crippen molar-refractivity contribution in [3.8, 4) is 0 Å². The molecule has 2 aromatic rings. The lowest BCUT2D eigenvalue weighted by Gasteiger charge is -2.06. The summed E-state index contributed by atoms with van der Waals surface area (Å²) in [5, 5.41) is 20.4. The Morgan fingerprint density at radius 1 is 0.917 bits per heavy atom. The van der Waals surface area contributed by atoms with Crippen LogP contribution in [0.25, 0.3) is 0 Å². The molecule has 3 rings (SSSR count). The van der Waals surface area contributed by atoms with E-state index in [9.17, 15) is 9.59 Å². The van der Waals surface area contributed by atoms with Crippen LogP contribution < -0.4 is 0 Å². The van der Waals surface area contributed by atoms with Crippen LogP contribution in [0.15, 0.2) is 0 Å². The van der Waals surface area contributed by atoms with E-state index < -0.39 is 0 Å². The summed E-state index contributed by atoms with van der Waals surface area (Å²) in [6.45, 7) is 3.15. The van der Waals surface area contributed by atoms with Gasteiger partial charge >= 0.3 is 0 Å². The van der Waals surface area contributed by atoms with Gasteiger partial charge in [0.05, 0.1) is 12.8 Å². The van der Waals surface area contributed by atoms with E-state index in [0.717, 1.165) is 45.7 Å². The third-order valence-corrected chi connectivity index (χ3v) is 6.18. The minimum Gasteiger partial charge on any atom is -0.300 e. The molecule has 6 nitrogen and oxygen atoms in total. The monoisotopic (exact) mass is 364 g/mol. The first-order chi connectivity index (χ1) is 11.5. The third-order valence-electron chi connectivity index (χ3n) is 4.15. The van der Waals surface area contributed by atoms with Crippen LogP contribution in [0, 0.1) is 5.92 Å². The summed E-state index contributed by atoms with van der Waals surface area (Å²) in [4.78, 5) is 22.3. The van der Waals surface area contributed by atoms with Gasteiger partial charge < -0.3 is 0 Å². The smallest absolute Gasteiger partial charge is 0.136 e. The molecule has 128 valence electrons. The Morgan fingerprint density at radius 3 is 2.25 bits per heavy atom. The van der Waals surface area contributed by atoms with Gasteiger partial charge in [-0.3, -0.25) is 9.59 Å². The van der Waals surface area contributed by atoms with Crippen molar-refractivity contribution in [2.45, 2.75) is 58.3 Å². The molecule has 24 heavy (non-hydrogen) atoms. The quantitative estimate of drug-likeness (QED) is 0.751. The first-order valence-corrected chi connectivity index (χ1v) is 9.75. The van der Waals surface area contributed by atoms with Gasteiger partial charge in [-0.15, -0.1) is 43.1 Å². The lowest BCUT2D eigenvalue weighted by molar-refractivity contribution is -0.117. The van der Waals surface area contributed by atoms with Gasteiger partial charge in [0.1, 0.15) is 31.6 Å². The zero-order chi connectivity index (χ0) is 17.1. The van der Waals surface area contributed by atoms with Gasteiger partial charge in [-0.05, 0) is 39.0 Å². The molecule has 2 atom stereocenters. The molecule has 0 aromatic carbocycles. The number of aromatic nitrogens is 4. The van der Waals surface area contributed by atoms with Crippen molar-refractivity contribution in [3.63, 3.8) is 0 Å². The van der Waals surface area contributed by atoms with E-state index in [1.165, 1.54) is 0 Å². The highest BCUT2D eigenvalue weighted by Gasteiger charge is 2.29. The number of hydrogen-bond donors (Lipinski definition) is 0. The number of carbonyl (C=O) groups excluding carboxylic acids is 2. The predicted octanol–water partition coefficient (Wildman–Crippen LogP) is 2.78. The molecular weight excluding hydrogens is 344 g/mol. The van der Waals surface area contributed by atoms with E-state index in [2.05, 4.69) is 20.4 Å². The summed E-state index contributed by atoms with van der Waals surface area (Å²) >= 11 is 3.12. The molecule has 0 unspecified atom stereocenters. The molecule has 0 saturated heterocycles. The molecule has 1 fully saturated rings. The topological polar surface area (TPSA) is 85.7 Å². The Balaban J connectivity index is 1.55. The summed E-state index contributed by atoms with van der Waals surface area (Å²) in [5.74, 6) is 1.27. The molecule has 0 N–H and O–H groups in total. The van der Waals surface area contributed by atoms with Crippen LogP contribution in [0.1, 0.15) is 59.1 Å². The summed E-state index contributed by atoms with van der Waals surface area (Å²) in [6.07, 6.45) is 5.03. The molecule has 0 aliphatic heterocycles. The maximum Gasteiger partial charge on any atom is 0.136 e. The molecule has 0 spiro atoms. The number of ketones is 2. The lowest BCUT2D eigenvalue weighted by atomic mass is 10.0. The maximum atomic E-state index is 11.2. The Morgan fingerprint density at radius 2 is 1.54 bits per heavy atom. The zero-order valence-corrected chi connectivity index (χ0v) is 15.5. The fraction of sp³-hybridized carbons (Fsp3) is 0.625. The largest absolute Gasteiger partial charge is 0.300 e. The van der Waals surface area contributed by atoms with E-state index in [-0.39, 0.29) is 11.6 Å². The molecule has 0 bridgehead atoms. The average Bonchev–Trinajstić information content (AvgIpc) is 3.19. The Kier molecular flexibility index (Phi) is 5.45. The fourth-order valence-electron chi connectivity index (χ4n) is 3.10. The molecule has 1 aliphatic rings. The van der Waals surface area contributed by atoms with Gasteiger partial charge in [0.2, 0.25) is 0 Å². The van der Waals surface area contributed by atoms with Crippen molar-refractivity contribution < 1.29 is 9.59 Å². The van der Waals surface area contributed by atoms with Crippen molar-refractivity contribution in [1.29, 1.82) is 0 Å². The fourth-order valence-corrected chi connectivity index (χ4v) is 5.19.